The van der Waals surface area contributed by atoms with Crippen molar-refractivity contribution in [1.82, 2.24) is 0 Å². The molecule has 0 atom stereocenters. The summed E-state index contributed by atoms with van der Waals surface area (Å²) in [6.07, 6.45) is 0.677. The SMILES string of the molecule is O=Cc1cccc(OCC(=O)Nc2cccc([N+](=O)[O-])c2)c1. The summed E-state index contributed by atoms with van der Waals surface area (Å²) in [6, 6.07) is 12.0. The second-order valence-corrected chi connectivity index (χ2v) is 4.33. The van der Waals surface area contributed by atoms with Gasteiger partial charge in [-0.1, -0.05) is 18.2 Å². The van der Waals surface area contributed by atoms with Gasteiger partial charge in [0.1, 0.15) is 12.0 Å². The van der Waals surface area contributed by atoms with Crippen molar-refractivity contribution < 1.29 is 19.2 Å². The van der Waals surface area contributed by atoms with E-state index in [-0.39, 0.29) is 12.3 Å². The molecule has 0 radical (unpaired) electrons. The number of aldehydes is 1. The summed E-state index contributed by atoms with van der Waals surface area (Å²) in [5, 5.41) is 13.1. The predicted molar refractivity (Wildman–Crippen MR) is 79.1 cm³/mol. The summed E-state index contributed by atoms with van der Waals surface area (Å²) >= 11 is 0. The number of hydrogen-bond donors (Lipinski definition) is 1. The molecule has 1 amide bonds. The zero-order valence-corrected chi connectivity index (χ0v) is 11.4. The largest absolute Gasteiger partial charge is 0.484 e. The Morgan fingerprint density at radius 2 is 2.00 bits per heavy atom. The van der Waals surface area contributed by atoms with Crippen LogP contribution in [-0.2, 0) is 4.79 Å². The lowest BCUT2D eigenvalue weighted by molar-refractivity contribution is -0.384. The van der Waals surface area contributed by atoms with Gasteiger partial charge in [-0.2, -0.15) is 0 Å². The minimum atomic E-state index is -0.545. The van der Waals surface area contributed by atoms with Crippen LogP contribution in [0.2, 0.25) is 0 Å². The fraction of sp³-hybridized carbons (Fsp3) is 0.0667. The van der Waals surface area contributed by atoms with Crippen LogP contribution in [0.3, 0.4) is 0 Å². The summed E-state index contributed by atoms with van der Waals surface area (Å²) < 4.78 is 5.26. The molecule has 0 aliphatic rings. The number of nitro benzene ring substituents is 1. The van der Waals surface area contributed by atoms with Crippen molar-refractivity contribution in [3.63, 3.8) is 0 Å². The molecule has 22 heavy (non-hydrogen) atoms. The van der Waals surface area contributed by atoms with E-state index in [0.717, 1.165) is 0 Å². The molecule has 0 fully saturated rings. The van der Waals surface area contributed by atoms with Crippen LogP contribution >= 0.6 is 0 Å². The Hall–Kier alpha value is -3.22. The van der Waals surface area contributed by atoms with Crippen molar-refractivity contribution in [1.29, 1.82) is 0 Å². The van der Waals surface area contributed by atoms with Crippen molar-refractivity contribution in [2.24, 2.45) is 0 Å². The second kappa shape index (κ2) is 6.98. The van der Waals surface area contributed by atoms with Crippen LogP contribution in [0, 0.1) is 10.1 Å². The number of rotatable bonds is 6. The number of ether oxygens (including phenoxy) is 1. The first kappa shape index (κ1) is 15.2. The van der Waals surface area contributed by atoms with Crippen LogP contribution in [0.5, 0.6) is 5.75 Å². The Kier molecular flexibility index (Phi) is 4.81. The van der Waals surface area contributed by atoms with Crippen LogP contribution in [0.25, 0.3) is 0 Å². The minimum Gasteiger partial charge on any atom is -0.484 e. The summed E-state index contributed by atoms with van der Waals surface area (Å²) in [5.74, 6) is -0.0733. The maximum Gasteiger partial charge on any atom is 0.271 e. The molecule has 2 rings (SSSR count). The van der Waals surface area contributed by atoms with Gasteiger partial charge in [0.05, 0.1) is 4.92 Å². The molecular weight excluding hydrogens is 288 g/mol. The van der Waals surface area contributed by atoms with Crippen LogP contribution in [0.1, 0.15) is 10.4 Å². The van der Waals surface area contributed by atoms with Crippen LogP contribution in [0.4, 0.5) is 11.4 Å². The molecule has 7 heteroatoms. The Morgan fingerprint density at radius 3 is 2.73 bits per heavy atom. The summed E-state index contributed by atoms with van der Waals surface area (Å²) in [5.41, 5.74) is 0.637. The minimum absolute atomic E-state index is 0.114. The highest BCUT2D eigenvalue weighted by Crippen LogP contribution is 2.17. The lowest BCUT2D eigenvalue weighted by Crippen LogP contribution is -2.20. The van der Waals surface area contributed by atoms with E-state index < -0.39 is 10.8 Å². The van der Waals surface area contributed by atoms with Gasteiger partial charge in [-0.3, -0.25) is 19.7 Å². The normalized spacial score (nSPS) is 9.82. The van der Waals surface area contributed by atoms with E-state index in [1.807, 2.05) is 0 Å². The van der Waals surface area contributed by atoms with E-state index in [2.05, 4.69) is 5.32 Å². The number of non-ortho nitro benzene ring substituents is 1. The average Bonchev–Trinajstić information content (AvgIpc) is 2.53. The number of carbonyl (C=O) groups is 2. The molecule has 0 heterocycles. The van der Waals surface area contributed by atoms with Gasteiger partial charge in [0.15, 0.2) is 6.61 Å². The molecule has 0 aliphatic heterocycles. The smallest absolute Gasteiger partial charge is 0.271 e. The first-order chi connectivity index (χ1) is 10.6. The Bertz CT molecular complexity index is 715. The first-order valence-electron chi connectivity index (χ1n) is 6.31. The topological polar surface area (TPSA) is 98.5 Å². The number of hydrogen-bond acceptors (Lipinski definition) is 5. The predicted octanol–water partition coefficient (Wildman–Crippen LogP) is 2.42. The molecule has 0 saturated carbocycles. The molecule has 2 aromatic rings. The maximum absolute atomic E-state index is 11.7. The monoisotopic (exact) mass is 300 g/mol. The molecule has 2 aromatic carbocycles. The Balaban J connectivity index is 1.94. The van der Waals surface area contributed by atoms with E-state index in [0.29, 0.717) is 23.3 Å². The highest BCUT2D eigenvalue weighted by atomic mass is 16.6. The van der Waals surface area contributed by atoms with Gasteiger partial charge in [-0.15, -0.1) is 0 Å². The first-order valence-corrected chi connectivity index (χ1v) is 6.31. The highest BCUT2D eigenvalue weighted by molar-refractivity contribution is 5.92. The summed E-state index contributed by atoms with van der Waals surface area (Å²) in [4.78, 5) is 32.5. The van der Waals surface area contributed by atoms with Gasteiger partial charge >= 0.3 is 0 Å². The van der Waals surface area contributed by atoms with Gasteiger partial charge in [0.25, 0.3) is 11.6 Å². The molecule has 0 aliphatic carbocycles. The molecular formula is C15H12N2O5. The van der Waals surface area contributed by atoms with Gasteiger partial charge in [0.2, 0.25) is 0 Å². The molecule has 0 spiro atoms. The number of nitrogens with one attached hydrogen (secondary N) is 1. The van der Waals surface area contributed by atoms with Crippen molar-refractivity contribution in [3.8, 4) is 5.75 Å². The number of benzene rings is 2. The standard InChI is InChI=1S/C15H12N2O5/c18-9-11-3-1-6-14(7-11)22-10-15(19)16-12-4-2-5-13(8-12)17(20)21/h1-9H,10H2,(H,16,19). The fourth-order valence-corrected chi connectivity index (χ4v) is 1.72. The van der Waals surface area contributed by atoms with Crippen molar-refractivity contribution in [2.45, 2.75) is 0 Å². The second-order valence-electron chi connectivity index (χ2n) is 4.33. The molecule has 0 aromatic heterocycles. The number of nitrogens with zero attached hydrogens (tertiary/aromatic N) is 1. The molecule has 112 valence electrons. The van der Waals surface area contributed by atoms with Gasteiger partial charge in [0, 0.05) is 23.4 Å². The quantitative estimate of drug-likeness (QED) is 0.502. The van der Waals surface area contributed by atoms with Crippen LogP contribution in [0.15, 0.2) is 48.5 Å². The van der Waals surface area contributed by atoms with E-state index in [4.69, 9.17) is 4.74 Å². The van der Waals surface area contributed by atoms with Crippen molar-refractivity contribution in [3.05, 3.63) is 64.2 Å². The van der Waals surface area contributed by atoms with Gasteiger partial charge in [-0.25, -0.2) is 0 Å². The van der Waals surface area contributed by atoms with Crippen molar-refractivity contribution in [2.75, 3.05) is 11.9 Å². The molecule has 1 N–H and O–H groups in total. The zero-order valence-electron chi connectivity index (χ0n) is 11.4. The third-order valence-electron chi connectivity index (χ3n) is 2.70. The van der Waals surface area contributed by atoms with Crippen LogP contribution in [-0.4, -0.2) is 23.7 Å². The lowest BCUT2D eigenvalue weighted by Gasteiger charge is -2.07. The van der Waals surface area contributed by atoms with Gasteiger partial charge < -0.3 is 10.1 Å². The Labute approximate surface area is 125 Å². The lowest BCUT2D eigenvalue weighted by atomic mass is 10.2. The third kappa shape index (κ3) is 4.14. The summed E-state index contributed by atoms with van der Waals surface area (Å²) in [7, 11) is 0. The number of amides is 1. The van der Waals surface area contributed by atoms with E-state index in [1.54, 1.807) is 18.2 Å². The highest BCUT2D eigenvalue weighted by Gasteiger charge is 2.08. The van der Waals surface area contributed by atoms with E-state index in [9.17, 15) is 19.7 Å². The van der Waals surface area contributed by atoms with Crippen molar-refractivity contribution >= 4 is 23.6 Å². The average molecular weight is 300 g/mol. The van der Waals surface area contributed by atoms with E-state index >= 15 is 0 Å². The van der Waals surface area contributed by atoms with Gasteiger partial charge in [-0.05, 0) is 18.2 Å². The molecule has 0 unspecified atom stereocenters. The molecule has 0 bridgehead atoms. The maximum atomic E-state index is 11.7. The summed E-state index contributed by atoms with van der Waals surface area (Å²) in [6.45, 7) is -0.273. The number of anilines is 1. The zero-order chi connectivity index (χ0) is 15.9. The van der Waals surface area contributed by atoms with Crippen LogP contribution < -0.4 is 10.1 Å². The number of carbonyl (C=O) groups excluding carboxylic acids is 2. The Morgan fingerprint density at radius 1 is 1.23 bits per heavy atom. The molecule has 7 nitrogen and oxygen atoms in total. The number of nitro groups is 1. The fourth-order valence-electron chi connectivity index (χ4n) is 1.72. The third-order valence-corrected chi connectivity index (χ3v) is 2.70. The molecule has 0 saturated heterocycles. The van der Waals surface area contributed by atoms with E-state index in [1.165, 1.54) is 30.3 Å².